The van der Waals surface area contributed by atoms with E-state index in [2.05, 4.69) is 172 Å². The molecule has 0 radical (unpaired) electrons. The Morgan fingerprint density at radius 3 is 1.09 bits per heavy atom. The van der Waals surface area contributed by atoms with Gasteiger partial charge >= 0.3 is 24.0 Å². The van der Waals surface area contributed by atoms with Gasteiger partial charge in [0.2, 0.25) is 0 Å². The van der Waals surface area contributed by atoms with E-state index in [1.165, 1.54) is 27.2 Å². The summed E-state index contributed by atoms with van der Waals surface area (Å²) in [6.07, 6.45) is -0.250. The predicted molar refractivity (Wildman–Crippen MR) is 422 cm³/mol. The van der Waals surface area contributed by atoms with Crippen molar-refractivity contribution in [3.05, 3.63) is 276 Å². The van der Waals surface area contributed by atoms with Gasteiger partial charge in [-0.15, -0.1) is 0 Å². The van der Waals surface area contributed by atoms with Crippen LogP contribution in [-0.4, -0.2) is 55.2 Å². The molecule has 10 aromatic rings. The fourth-order valence-corrected chi connectivity index (χ4v) is 10.3. The molecule has 0 aliphatic rings. The van der Waals surface area contributed by atoms with E-state index in [-0.39, 0.29) is 48.0 Å². The van der Waals surface area contributed by atoms with Crippen molar-refractivity contribution in [3.8, 4) is 78.6 Å². The molecular formula is C92H107NO9. The summed E-state index contributed by atoms with van der Waals surface area (Å²) in [7, 11) is 3.36. The van der Waals surface area contributed by atoms with Crippen molar-refractivity contribution in [2.75, 3.05) is 14.1 Å². The first-order valence-electron chi connectivity index (χ1n) is 35.5. The van der Waals surface area contributed by atoms with E-state index in [0.717, 1.165) is 66.9 Å². The summed E-state index contributed by atoms with van der Waals surface area (Å²) in [6, 6.07) is 81.5. The van der Waals surface area contributed by atoms with Crippen LogP contribution in [-0.2, 0) is 14.3 Å². The summed E-state index contributed by atoms with van der Waals surface area (Å²) in [5.74, 6) is 3.44. The number of ether oxygens (including phenoxy) is 5. The third kappa shape index (κ3) is 25.4. The van der Waals surface area contributed by atoms with Gasteiger partial charge in [0.1, 0.15) is 23.0 Å². The molecule has 10 nitrogen and oxygen atoms in total. The molecule has 0 bridgehead atoms. The second-order valence-electron chi connectivity index (χ2n) is 28.7. The summed E-state index contributed by atoms with van der Waals surface area (Å²) < 4.78 is 27.5. The van der Waals surface area contributed by atoms with E-state index >= 15 is 0 Å². The largest absolute Gasteiger partial charge is 0.491 e. The monoisotopic (exact) mass is 1370 g/mol. The average molecular weight is 1370 g/mol. The Bertz CT molecular complexity index is 4110. The highest BCUT2D eigenvalue weighted by molar-refractivity contribution is 5.93. The third-order valence-electron chi connectivity index (χ3n) is 16.3. The number of carbonyl (C=O) groups excluding carboxylic acids is 4. The van der Waals surface area contributed by atoms with Crippen molar-refractivity contribution in [1.29, 1.82) is 0 Å². The highest BCUT2D eigenvalue weighted by Crippen LogP contribution is 2.35. The van der Waals surface area contributed by atoms with E-state index in [1.807, 2.05) is 196 Å². The number of aryl methyl sites for hydroxylation is 1. The molecule has 10 heteroatoms. The van der Waals surface area contributed by atoms with Gasteiger partial charge in [0.05, 0.1) is 29.1 Å². The minimum Gasteiger partial charge on any atom is -0.491 e. The van der Waals surface area contributed by atoms with Crippen LogP contribution in [0.1, 0.15) is 180 Å². The van der Waals surface area contributed by atoms with Crippen molar-refractivity contribution in [2.24, 2.45) is 11.3 Å². The molecule has 1 amide bonds. The predicted octanol–water partition coefficient (Wildman–Crippen LogP) is 24.5. The van der Waals surface area contributed by atoms with Gasteiger partial charge in [-0.3, -0.25) is 9.59 Å². The van der Waals surface area contributed by atoms with Gasteiger partial charge in [0.15, 0.2) is 0 Å². The van der Waals surface area contributed by atoms with Gasteiger partial charge in [-0.1, -0.05) is 275 Å². The summed E-state index contributed by atoms with van der Waals surface area (Å²) in [5, 5.41) is 0. The van der Waals surface area contributed by atoms with Gasteiger partial charge in [0.25, 0.3) is 0 Å². The Morgan fingerprint density at radius 1 is 0.353 bits per heavy atom. The maximum atomic E-state index is 12.4. The van der Waals surface area contributed by atoms with Crippen LogP contribution in [0.5, 0.6) is 23.0 Å². The lowest BCUT2D eigenvalue weighted by Gasteiger charge is -2.17. The van der Waals surface area contributed by atoms with Crippen LogP contribution in [0.3, 0.4) is 0 Å². The van der Waals surface area contributed by atoms with Crippen molar-refractivity contribution >= 4 is 24.0 Å². The van der Waals surface area contributed by atoms with Gasteiger partial charge in [0, 0.05) is 14.1 Å². The molecule has 0 N–H and O–H groups in total. The summed E-state index contributed by atoms with van der Waals surface area (Å²) >= 11 is 0. The average Bonchev–Trinajstić information content (AvgIpc) is 0.839. The molecule has 102 heavy (non-hydrogen) atoms. The number of amides is 1. The fraction of sp³-hybridized carbons (Fsp3) is 0.304. The number of rotatable bonds is 17. The molecule has 0 aliphatic heterocycles. The molecule has 0 aliphatic carbocycles. The quantitative estimate of drug-likeness (QED) is 0.0649. The lowest BCUT2D eigenvalue weighted by Crippen LogP contribution is -2.25. The fourth-order valence-electron chi connectivity index (χ4n) is 10.3. The lowest BCUT2D eigenvalue weighted by atomic mass is 9.93. The van der Waals surface area contributed by atoms with E-state index in [1.54, 1.807) is 14.1 Å². The molecule has 0 heterocycles. The number of hydrogen-bond acceptors (Lipinski definition) is 9. The number of nitrogens with zero attached hydrogens (tertiary/aromatic N) is 1. The lowest BCUT2D eigenvalue weighted by molar-refractivity contribution is -0.143. The van der Waals surface area contributed by atoms with E-state index < -0.39 is 5.41 Å². The summed E-state index contributed by atoms with van der Waals surface area (Å²) in [4.78, 5) is 49.4. The number of hydrogen-bond donors (Lipinski definition) is 0. The molecule has 0 spiro atoms. The van der Waals surface area contributed by atoms with Crippen LogP contribution in [0.25, 0.3) is 55.6 Å². The summed E-state index contributed by atoms with van der Waals surface area (Å²) in [6.45, 7) is 36.0. The molecule has 0 saturated heterocycles. The smallest absolute Gasteiger partial charge is 0.414 e. The highest BCUT2D eigenvalue weighted by atomic mass is 16.6. The molecule has 0 unspecified atom stereocenters. The molecule has 0 aromatic heterocycles. The van der Waals surface area contributed by atoms with Crippen LogP contribution in [0.4, 0.5) is 4.79 Å². The van der Waals surface area contributed by atoms with E-state index in [9.17, 15) is 19.2 Å². The first-order chi connectivity index (χ1) is 48.4. The zero-order chi connectivity index (χ0) is 74.8. The SMILES string of the molecule is CC(C)C(=O)Oc1cc(-c2ccccc2)ccc1C(C)C.CC(C)Oc1ccc(-c2ccccc2)cc1.CC(C)c1ccc(-c2ccc(OC(=O)C(C)(C)C)cc2)cc1.CC(C)c1ccc(-c2ccccc2)cc1OC(=O)N(C)C.Cc1ccc(-c2ccc(C(C)C)c(C(=O)OC(C)C)c2)cc1. The van der Waals surface area contributed by atoms with Crippen LogP contribution < -0.4 is 18.9 Å². The standard InChI is InChI=1S/2C20H24O2.C19H22O2.C18H21NO2.C15H16O/c1-14(2)15-6-8-16(9-7-15)17-10-12-18(13-11-17)22-19(21)20(3,4)5;1-13(2)18-11-10-17(16-8-6-15(5)7-9-16)12-19(18)20(21)22-14(3)4;1-13(2)17-11-10-16(15-8-6-5-7-9-15)12-18(17)21-19(20)14(3)4;1-13(2)16-11-10-15(14-8-6-5-7-9-14)12-17(16)21-18(20)19(3)4;1-12(2)16-15-10-8-14(9-11-15)13-6-4-3-5-7-13/h2*6-14H,1-5H3;5-14H,1-4H3;5-13H,1-4H3;3-12H,1-2H3. The normalized spacial score (nSPS) is 10.9. The molecule has 0 fully saturated rings. The Morgan fingerprint density at radius 2 is 0.706 bits per heavy atom. The Hall–Kier alpha value is -10.3. The van der Waals surface area contributed by atoms with Gasteiger partial charge in [-0.05, 0) is 199 Å². The molecule has 10 rings (SSSR count). The second kappa shape index (κ2) is 39.0. The van der Waals surface area contributed by atoms with Gasteiger partial charge < -0.3 is 28.6 Å². The van der Waals surface area contributed by atoms with Crippen LogP contribution in [0.15, 0.2) is 243 Å². The van der Waals surface area contributed by atoms with Gasteiger partial charge in [-0.2, -0.15) is 0 Å². The minimum atomic E-state index is -0.495. The van der Waals surface area contributed by atoms with Crippen LogP contribution in [0, 0.1) is 18.3 Å². The molecule has 0 saturated carbocycles. The van der Waals surface area contributed by atoms with Crippen molar-refractivity contribution < 1.29 is 42.9 Å². The molecule has 10 aromatic carbocycles. The van der Waals surface area contributed by atoms with E-state index in [4.69, 9.17) is 23.7 Å². The molecule has 534 valence electrons. The van der Waals surface area contributed by atoms with Crippen molar-refractivity contribution in [2.45, 2.75) is 161 Å². The highest BCUT2D eigenvalue weighted by Gasteiger charge is 2.24. The Kier molecular flexibility index (Phi) is 30.9. The maximum absolute atomic E-state index is 12.4. The number of carbonyl (C=O) groups is 4. The van der Waals surface area contributed by atoms with Gasteiger partial charge in [-0.25, -0.2) is 9.59 Å². The van der Waals surface area contributed by atoms with E-state index in [0.29, 0.717) is 40.6 Å². The zero-order valence-electron chi connectivity index (χ0n) is 63.8. The second-order valence-corrected chi connectivity index (χ2v) is 28.7. The zero-order valence-corrected chi connectivity index (χ0v) is 63.8. The summed E-state index contributed by atoms with van der Waals surface area (Å²) in [5.41, 5.74) is 17.1. The topological polar surface area (TPSA) is 118 Å². The van der Waals surface area contributed by atoms with Crippen molar-refractivity contribution in [1.82, 2.24) is 4.90 Å². The third-order valence-corrected chi connectivity index (χ3v) is 16.3. The van der Waals surface area contributed by atoms with Crippen LogP contribution >= 0.6 is 0 Å². The molecule has 0 atom stereocenters. The minimum absolute atomic E-state index is 0.115. The Balaban J connectivity index is 0.000000201. The first kappa shape index (κ1) is 80.7. The van der Waals surface area contributed by atoms with Crippen molar-refractivity contribution in [3.63, 3.8) is 0 Å². The van der Waals surface area contributed by atoms with Crippen LogP contribution in [0.2, 0.25) is 0 Å². The first-order valence-corrected chi connectivity index (χ1v) is 35.5. The Labute approximate surface area is 609 Å². The molecular weight excluding hydrogens is 1260 g/mol. The number of benzene rings is 10. The number of esters is 3. The maximum Gasteiger partial charge on any atom is 0.414 e.